The smallest absolute Gasteiger partial charge is 0.128 e. The predicted molar refractivity (Wildman–Crippen MR) is 73.6 cm³/mol. The van der Waals surface area contributed by atoms with E-state index in [0.717, 1.165) is 44.5 Å². The van der Waals surface area contributed by atoms with E-state index < -0.39 is 0 Å². The number of anilines is 1. The van der Waals surface area contributed by atoms with Crippen LogP contribution in [0.1, 0.15) is 12.8 Å². The molecular formula is C14H22N4. The largest absolute Gasteiger partial charge is 0.354 e. The molecule has 1 aliphatic heterocycles. The third kappa shape index (κ3) is 2.82. The van der Waals surface area contributed by atoms with E-state index in [-0.39, 0.29) is 0 Å². The molecule has 1 saturated heterocycles. The Morgan fingerprint density at radius 2 is 2.00 bits per heavy atom. The number of rotatable bonds is 4. The molecule has 2 heterocycles. The van der Waals surface area contributed by atoms with E-state index in [9.17, 15) is 0 Å². The minimum Gasteiger partial charge on any atom is -0.354 e. The fourth-order valence-corrected chi connectivity index (χ4v) is 2.67. The summed E-state index contributed by atoms with van der Waals surface area (Å²) in [6.07, 6.45) is 4.55. The fraction of sp³-hybridized carbons (Fsp3) is 0.643. The quantitative estimate of drug-likeness (QED) is 0.859. The number of nitrogens with zero attached hydrogens (tertiary/aromatic N) is 3. The molecule has 0 radical (unpaired) electrons. The van der Waals surface area contributed by atoms with E-state index in [2.05, 4.69) is 26.9 Å². The van der Waals surface area contributed by atoms with Crippen molar-refractivity contribution < 1.29 is 0 Å². The maximum absolute atomic E-state index is 6.19. The van der Waals surface area contributed by atoms with Gasteiger partial charge in [0.25, 0.3) is 0 Å². The van der Waals surface area contributed by atoms with Gasteiger partial charge in [-0.25, -0.2) is 4.98 Å². The summed E-state index contributed by atoms with van der Waals surface area (Å²) in [4.78, 5) is 9.27. The second kappa shape index (κ2) is 5.24. The minimum atomic E-state index is 0.395. The van der Waals surface area contributed by atoms with Crippen molar-refractivity contribution in [2.24, 2.45) is 11.7 Å². The van der Waals surface area contributed by atoms with Crippen molar-refractivity contribution >= 4 is 5.82 Å². The van der Waals surface area contributed by atoms with Gasteiger partial charge in [-0.05, 0) is 30.9 Å². The Morgan fingerprint density at radius 3 is 2.61 bits per heavy atom. The summed E-state index contributed by atoms with van der Waals surface area (Å²) in [5.74, 6) is 1.91. The van der Waals surface area contributed by atoms with Gasteiger partial charge in [-0.2, -0.15) is 0 Å². The molecule has 0 bridgehead atoms. The Hall–Kier alpha value is -1.13. The van der Waals surface area contributed by atoms with E-state index in [0.29, 0.717) is 6.04 Å². The normalized spacial score (nSPS) is 23.1. The highest BCUT2D eigenvalue weighted by Crippen LogP contribution is 2.31. The number of nitrogens with two attached hydrogens (primary N) is 1. The lowest BCUT2D eigenvalue weighted by Crippen LogP contribution is -2.50. The average Bonchev–Trinajstić information content (AvgIpc) is 3.25. The standard InChI is InChI=1S/C14H22N4/c15-13(12-4-5-12)11-17-7-9-18(10-8-17)14-3-1-2-6-16-14/h1-3,6,12-13H,4-5,7-11,15H2. The van der Waals surface area contributed by atoms with Gasteiger partial charge in [0.2, 0.25) is 0 Å². The first-order valence-corrected chi connectivity index (χ1v) is 6.97. The molecule has 1 aromatic heterocycles. The molecule has 1 unspecified atom stereocenters. The third-order valence-electron chi connectivity index (χ3n) is 4.04. The van der Waals surface area contributed by atoms with Crippen LogP contribution in [0.15, 0.2) is 24.4 Å². The molecule has 0 spiro atoms. The number of hydrogen-bond acceptors (Lipinski definition) is 4. The summed E-state index contributed by atoms with van der Waals surface area (Å²) in [7, 11) is 0. The molecule has 0 amide bonds. The van der Waals surface area contributed by atoms with Gasteiger partial charge in [0.1, 0.15) is 5.82 Å². The van der Waals surface area contributed by atoms with Crippen LogP contribution in [-0.4, -0.2) is 48.6 Å². The topological polar surface area (TPSA) is 45.4 Å². The average molecular weight is 246 g/mol. The van der Waals surface area contributed by atoms with E-state index in [4.69, 9.17) is 5.73 Å². The monoisotopic (exact) mass is 246 g/mol. The first-order valence-electron chi connectivity index (χ1n) is 6.97. The summed E-state index contributed by atoms with van der Waals surface area (Å²) >= 11 is 0. The Bertz CT molecular complexity index is 369. The summed E-state index contributed by atoms with van der Waals surface area (Å²) in [5, 5.41) is 0. The van der Waals surface area contributed by atoms with Gasteiger partial charge in [0.15, 0.2) is 0 Å². The van der Waals surface area contributed by atoms with Crippen LogP contribution in [-0.2, 0) is 0 Å². The molecule has 4 nitrogen and oxygen atoms in total. The fourth-order valence-electron chi connectivity index (χ4n) is 2.67. The lowest BCUT2D eigenvalue weighted by molar-refractivity contribution is 0.235. The molecule has 2 N–H and O–H groups in total. The first-order chi connectivity index (χ1) is 8.83. The summed E-state index contributed by atoms with van der Waals surface area (Å²) in [5.41, 5.74) is 6.19. The highest BCUT2D eigenvalue weighted by atomic mass is 15.3. The summed E-state index contributed by atoms with van der Waals surface area (Å²) in [6.45, 7) is 5.41. The van der Waals surface area contributed by atoms with E-state index in [1.54, 1.807) is 0 Å². The van der Waals surface area contributed by atoms with Gasteiger partial charge in [-0.3, -0.25) is 4.90 Å². The van der Waals surface area contributed by atoms with Gasteiger partial charge in [-0.1, -0.05) is 6.07 Å². The van der Waals surface area contributed by atoms with Crippen LogP contribution in [0.25, 0.3) is 0 Å². The van der Waals surface area contributed by atoms with Crippen LogP contribution in [0.4, 0.5) is 5.82 Å². The highest BCUT2D eigenvalue weighted by molar-refractivity contribution is 5.38. The van der Waals surface area contributed by atoms with Crippen LogP contribution in [0.2, 0.25) is 0 Å². The minimum absolute atomic E-state index is 0.395. The molecule has 2 fully saturated rings. The van der Waals surface area contributed by atoms with Crippen molar-refractivity contribution in [1.29, 1.82) is 0 Å². The Kier molecular flexibility index (Phi) is 3.48. The number of piperazine rings is 1. The van der Waals surface area contributed by atoms with Gasteiger partial charge in [0.05, 0.1) is 0 Å². The molecule has 98 valence electrons. The van der Waals surface area contributed by atoms with Crippen LogP contribution in [0.5, 0.6) is 0 Å². The van der Waals surface area contributed by atoms with Gasteiger partial charge in [-0.15, -0.1) is 0 Å². The zero-order valence-electron chi connectivity index (χ0n) is 10.8. The molecule has 0 aromatic carbocycles. The molecule has 18 heavy (non-hydrogen) atoms. The molecule has 1 saturated carbocycles. The maximum Gasteiger partial charge on any atom is 0.128 e. The molecule has 2 aliphatic rings. The first kappa shape index (κ1) is 11.9. The molecular weight excluding hydrogens is 224 g/mol. The second-order valence-electron chi connectivity index (χ2n) is 5.48. The lowest BCUT2D eigenvalue weighted by Gasteiger charge is -2.36. The molecule has 1 aliphatic carbocycles. The maximum atomic E-state index is 6.19. The van der Waals surface area contributed by atoms with Gasteiger partial charge >= 0.3 is 0 Å². The van der Waals surface area contributed by atoms with E-state index in [1.807, 2.05) is 12.3 Å². The van der Waals surface area contributed by atoms with Crippen LogP contribution >= 0.6 is 0 Å². The number of pyridine rings is 1. The Morgan fingerprint density at radius 1 is 1.22 bits per heavy atom. The Labute approximate surface area is 109 Å². The number of hydrogen-bond donors (Lipinski definition) is 1. The summed E-state index contributed by atoms with van der Waals surface area (Å²) < 4.78 is 0. The SMILES string of the molecule is NC(CN1CCN(c2ccccn2)CC1)C1CC1. The summed E-state index contributed by atoms with van der Waals surface area (Å²) in [6, 6.07) is 6.50. The van der Waals surface area contributed by atoms with Crippen LogP contribution in [0, 0.1) is 5.92 Å². The van der Waals surface area contributed by atoms with Crippen molar-refractivity contribution in [3.8, 4) is 0 Å². The van der Waals surface area contributed by atoms with Crippen molar-refractivity contribution in [2.45, 2.75) is 18.9 Å². The Balaban J connectivity index is 1.48. The molecule has 1 aromatic rings. The zero-order valence-corrected chi connectivity index (χ0v) is 10.8. The van der Waals surface area contributed by atoms with Crippen LogP contribution < -0.4 is 10.6 Å². The number of aromatic nitrogens is 1. The molecule has 3 rings (SSSR count). The molecule has 4 heteroatoms. The second-order valence-corrected chi connectivity index (χ2v) is 5.48. The van der Waals surface area contributed by atoms with Gasteiger partial charge in [0, 0.05) is 45.0 Å². The zero-order chi connectivity index (χ0) is 12.4. The van der Waals surface area contributed by atoms with Crippen LogP contribution in [0.3, 0.4) is 0 Å². The van der Waals surface area contributed by atoms with Gasteiger partial charge < -0.3 is 10.6 Å². The third-order valence-corrected chi connectivity index (χ3v) is 4.04. The van der Waals surface area contributed by atoms with Crippen molar-refractivity contribution in [1.82, 2.24) is 9.88 Å². The van der Waals surface area contributed by atoms with E-state index in [1.165, 1.54) is 12.8 Å². The predicted octanol–water partition coefficient (Wildman–Crippen LogP) is 0.941. The molecule has 1 atom stereocenters. The highest BCUT2D eigenvalue weighted by Gasteiger charge is 2.30. The van der Waals surface area contributed by atoms with Crippen molar-refractivity contribution in [3.63, 3.8) is 0 Å². The van der Waals surface area contributed by atoms with Crippen molar-refractivity contribution in [3.05, 3.63) is 24.4 Å². The van der Waals surface area contributed by atoms with E-state index >= 15 is 0 Å². The van der Waals surface area contributed by atoms with Crippen molar-refractivity contribution in [2.75, 3.05) is 37.6 Å². The lowest BCUT2D eigenvalue weighted by atomic mass is 10.1.